The van der Waals surface area contributed by atoms with Crippen LogP contribution >= 0.6 is 0 Å². The van der Waals surface area contributed by atoms with Crippen molar-refractivity contribution in [3.8, 4) is 16.9 Å². The fourth-order valence-corrected chi connectivity index (χ4v) is 5.69. The second-order valence-corrected chi connectivity index (χ2v) is 12.9. The molecule has 0 saturated heterocycles. The molecule has 0 spiro atoms. The van der Waals surface area contributed by atoms with Gasteiger partial charge in [0.05, 0.1) is 29.2 Å². The van der Waals surface area contributed by atoms with Crippen molar-refractivity contribution < 1.29 is 19.4 Å². The van der Waals surface area contributed by atoms with Gasteiger partial charge in [0.25, 0.3) is 0 Å². The van der Waals surface area contributed by atoms with E-state index in [9.17, 15) is 9.90 Å². The van der Waals surface area contributed by atoms with Crippen LogP contribution in [0.1, 0.15) is 49.3 Å². The molecule has 210 valence electrons. The van der Waals surface area contributed by atoms with Crippen molar-refractivity contribution in [3.05, 3.63) is 65.1 Å². The highest BCUT2D eigenvalue weighted by molar-refractivity contribution is 6.58. The minimum absolute atomic E-state index is 0.364. The highest BCUT2D eigenvalue weighted by Crippen LogP contribution is 2.49. The van der Waals surface area contributed by atoms with Crippen molar-refractivity contribution in [2.24, 2.45) is 0 Å². The predicted octanol–water partition coefficient (Wildman–Crippen LogP) is 3.01. The molecule has 1 aliphatic heterocycles. The number of carboxylic acid groups (broad SMARTS) is 1. The molecule has 0 fully saturated rings. The molecule has 2 aromatic heterocycles. The molecular formula is C30H37B3N4O4. The molecule has 0 saturated carbocycles. The van der Waals surface area contributed by atoms with Gasteiger partial charge in [0.1, 0.15) is 23.5 Å². The lowest BCUT2D eigenvalue weighted by molar-refractivity contribution is -0.160. The number of hydrogen-bond donors (Lipinski definition) is 1. The Morgan fingerprint density at radius 3 is 2.22 bits per heavy atom. The standard InChI is InChI=1S/C30H37B3N4O4/c1-16-7-9-19(10-8-16)23-21-13-17(2)36-11-12-37(28-34-14-20(15-35-28)40-30(31,32)33)24(25(21)36)18(3)22(23)26(27(38)39)41-29(4,5)6/h7-10,13-15,26H,11-12,31-33H2,1-6H3,(H,38,39)/t26-/m0/s1. The second-order valence-electron chi connectivity index (χ2n) is 12.9. The number of hydrogen-bond acceptors (Lipinski definition) is 6. The molecule has 0 amide bonds. The summed E-state index contributed by atoms with van der Waals surface area (Å²) in [4.78, 5) is 24.4. The summed E-state index contributed by atoms with van der Waals surface area (Å²) in [6.45, 7) is 13.2. The fraction of sp³-hybridized carbons (Fsp3) is 0.367. The summed E-state index contributed by atoms with van der Waals surface area (Å²) in [6, 6.07) is 10.4. The third kappa shape index (κ3) is 5.60. The number of benzene rings is 2. The molecule has 2 aromatic carbocycles. The maximum absolute atomic E-state index is 12.9. The predicted molar refractivity (Wildman–Crippen MR) is 171 cm³/mol. The SMILES string of the molecule is BC(B)(B)Oc1cnc(N2CCn3c(C)cc4c(-c5ccc(C)cc5)c([C@H](OC(C)(C)C)C(=O)O)c(C)c2c43)nc1. The number of aliphatic carboxylic acids is 1. The molecule has 0 aliphatic carbocycles. The molecule has 4 aromatic rings. The van der Waals surface area contributed by atoms with Crippen LogP contribution in [0.5, 0.6) is 5.75 Å². The summed E-state index contributed by atoms with van der Waals surface area (Å²) >= 11 is 0. The Bertz CT molecular complexity index is 1620. The molecule has 1 aliphatic rings. The minimum Gasteiger partial charge on any atom is -0.511 e. The Hall–Kier alpha value is -3.72. The Morgan fingerprint density at radius 2 is 1.66 bits per heavy atom. The number of carbonyl (C=O) groups is 1. The zero-order valence-electron chi connectivity index (χ0n) is 25.5. The van der Waals surface area contributed by atoms with Crippen LogP contribution in [-0.4, -0.2) is 66.6 Å². The summed E-state index contributed by atoms with van der Waals surface area (Å²) in [5.41, 5.74) is 6.84. The third-order valence-electron chi connectivity index (χ3n) is 7.22. The monoisotopic (exact) mass is 550 g/mol. The Morgan fingerprint density at radius 1 is 1.02 bits per heavy atom. The third-order valence-corrected chi connectivity index (χ3v) is 7.22. The van der Waals surface area contributed by atoms with Gasteiger partial charge in [0, 0.05) is 35.0 Å². The first-order chi connectivity index (χ1) is 19.1. The number of aromatic nitrogens is 3. The molecule has 1 atom stereocenters. The molecule has 41 heavy (non-hydrogen) atoms. The smallest absolute Gasteiger partial charge is 0.337 e. The molecule has 8 nitrogen and oxygen atoms in total. The van der Waals surface area contributed by atoms with Gasteiger partial charge in [-0.15, -0.1) is 0 Å². The van der Waals surface area contributed by atoms with Crippen molar-refractivity contribution in [3.63, 3.8) is 0 Å². The van der Waals surface area contributed by atoms with E-state index in [1.807, 2.05) is 58.2 Å². The summed E-state index contributed by atoms with van der Waals surface area (Å²) in [5.74, 6) is 0.110. The largest absolute Gasteiger partial charge is 0.511 e. The van der Waals surface area contributed by atoms with Gasteiger partial charge in [-0.2, -0.15) is 0 Å². The van der Waals surface area contributed by atoms with Crippen LogP contribution in [0, 0.1) is 20.8 Å². The van der Waals surface area contributed by atoms with Gasteiger partial charge in [0.15, 0.2) is 11.9 Å². The van der Waals surface area contributed by atoms with Gasteiger partial charge in [-0.1, -0.05) is 29.8 Å². The first kappa shape index (κ1) is 28.8. The van der Waals surface area contributed by atoms with Crippen LogP contribution in [0.25, 0.3) is 22.0 Å². The number of ether oxygens (including phenoxy) is 2. The molecule has 1 N–H and O–H groups in total. The molecule has 0 bridgehead atoms. The number of aryl methyl sites for hydroxylation is 2. The van der Waals surface area contributed by atoms with Gasteiger partial charge in [-0.25, -0.2) is 14.8 Å². The summed E-state index contributed by atoms with van der Waals surface area (Å²) in [5, 5.41) is 11.2. The Labute approximate surface area is 244 Å². The van der Waals surface area contributed by atoms with Gasteiger partial charge < -0.3 is 24.0 Å². The van der Waals surface area contributed by atoms with Crippen molar-refractivity contribution in [2.75, 3.05) is 11.4 Å². The van der Waals surface area contributed by atoms with Crippen LogP contribution < -0.4 is 9.64 Å². The topological polar surface area (TPSA) is 89.7 Å². The summed E-state index contributed by atoms with van der Waals surface area (Å²) in [7, 11) is 5.95. The lowest BCUT2D eigenvalue weighted by Crippen LogP contribution is -2.37. The van der Waals surface area contributed by atoms with Gasteiger partial charge >= 0.3 is 5.97 Å². The van der Waals surface area contributed by atoms with E-state index >= 15 is 0 Å². The van der Waals surface area contributed by atoms with E-state index in [0.717, 1.165) is 51.1 Å². The van der Waals surface area contributed by atoms with Crippen molar-refractivity contribution in [1.29, 1.82) is 0 Å². The zero-order chi connectivity index (χ0) is 29.9. The van der Waals surface area contributed by atoms with Gasteiger partial charge in [-0.05, 0) is 64.3 Å². The lowest BCUT2D eigenvalue weighted by atomic mass is 9.52. The molecule has 3 heterocycles. The molecule has 5 rings (SSSR count). The van der Waals surface area contributed by atoms with Crippen LogP contribution in [-0.2, 0) is 16.1 Å². The van der Waals surface area contributed by atoms with Crippen molar-refractivity contribution >= 4 is 52.0 Å². The van der Waals surface area contributed by atoms with E-state index < -0.39 is 17.7 Å². The summed E-state index contributed by atoms with van der Waals surface area (Å²) < 4.78 is 14.6. The van der Waals surface area contributed by atoms with E-state index in [0.29, 0.717) is 23.8 Å². The summed E-state index contributed by atoms with van der Waals surface area (Å²) in [6.07, 6.45) is 2.22. The minimum atomic E-state index is -1.18. The highest BCUT2D eigenvalue weighted by Gasteiger charge is 2.36. The number of carboxylic acids is 1. The quantitative estimate of drug-likeness (QED) is 0.354. The van der Waals surface area contributed by atoms with Crippen LogP contribution in [0.4, 0.5) is 11.6 Å². The first-order valence-corrected chi connectivity index (χ1v) is 14.1. The van der Waals surface area contributed by atoms with E-state index in [4.69, 9.17) is 9.47 Å². The Balaban J connectivity index is 1.80. The zero-order valence-corrected chi connectivity index (χ0v) is 25.5. The maximum Gasteiger partial charge on any atom is 0.337 e. The molecule has 0 unspecified atom stereocenters. The normalized spacial score (nSPS) is 14.3. The molecular weight excluding hydrogens is 513 g/mol. The highest BCUT2D eigenvalue weighted by atomic mass is 16.5. The van der Waals surface area contributed by atoms with E-state index in [-0.39, 0.29) is 5.30 Å². The average Bonchev–Trinajstić information content (AvgIpc) is 3.20. The fourth-order valence-electron chi connectivity index (χ4n) is 5.69. The van der Waals surface area contributed by atoms with Crippen LogP contribution in [0.3, 0.4) is 0 Å². The van der Waals surface area contributed by atoms with Crippen molar-refractivity contribution in [2.45, 2.75) is 65.1 Å². The van der Waals surface area contributed by atoms with Gasteiger partial charge in [0.2, 0.25) is 5.95 Å². The lowest BCUT2D eigenvalue weighted by Gasteiger charge is -2.35. The van der Waals surface area contributed by atoms with Crippen LogP contribution in [0.15, 0.2) is 42.7 Å². The maximum atomic E-state index is 12.9. The Kier molecular flexibility index (Phi) is 7.22. The molecule has 11 heteroatoms. The van der Waals surface area contributed by atoms with Crippen LogP contribution in [0.2, 0.25) is 0 Å². The van der Waals surface area contributed by atoms with E-state index in [1.165, 1.54) is 0 Å². The van der Waals surface area contributed by atoms with Gasteiger partial charge in [-0.3, -0.25) is 0 Å². The van der Waals surface area contributed by atoms with E-state index in [2.05, 4.69) is 56.7 Å². The first-order valence-electron chi connectivity index (χ1n) is 14.1. The molecule has 0 radical (unpaired) electrons. The number of nitrogens with zero attached hydrogens (tertiary/aromatic N) is 4. The number of rotatable bonds is 7. The number of anilines is 2. The van der Waals surface area contributed by atoms with E-state index in [1.54, 1.807) is 12.4 Å². The van der Waals surface area contributed by atoms with Crippen molar-refractivity contribution in [1.82, 2.24) is 14.5 Å². The average molecular weight is 550 g/mol. The second kappa shape index (κ2) is 10.3.